The molecule has 8 heteroatoms. The normalized spacial score (nSPS) is 21.3. The van der Waals surface area contributed by atoms with Gasteiger partial charge in [-0.1, -0.05) is 6.92 Å². The zero-order valence-corrected chi connectivity index (χ0v) is 19.2. The van der Waals surface area contributed by atoms with Crippen LogP contribution in [0.15, 0.2) is 4.99 Å². The van der Waals surface area contributed by atoms with Crippen molar-refractivity contribution >= 4 is 35.8 Å². The smallest absolute Gasteiger partial charge is 0.222 e. The molecule has 2 fully saturated rings. The first-order chi connectivity index (χ1) is 12.7. The topological polar surface area (TPSA) is 75.2 Å². The Morgan fingerprint density at radius 3 is 2.81 bits per heavy atom. The second kappa shape index (κ2) is 14.4. The van der Waals surface area contributed by atoms with E-state index in [0.29, 0.717) is 31.1 Å². The van der Waals surface area contributed by atoms with Crippen LogP contribution in [0, 0.1) is 0 Å². The van der Waals surface area contributed by atoms with Crippen LogP contribution in [0.4, 0.5) is 0 Å². The second-order valence-electron chi connectivity index (χ2n) is 7.03. The first-order valence-corrected chi connectivity index (χ1v) is 10.2. The molecule has 1 amide bonds. The van der Waals surface area contributed by atoms with Gasteiger partial charge in [0.25, 0.3) is 0 Å². The lowest BCUT2D eigenvalue weighted by molar-refractivity contribution is -0.129. The van der Waals surface area contributed by atoms with Crippen LogP contribution in [0.3, 0.4) is 0 Å². The number of rotatable bonds is 11. The maximum Gasteiger partial charge on any atom is 0.222 e. The number of guanidine groups is 1. The summed E-state index contributed by atoms with van der Waals surface area (Å²) in [6.07, 6.45) is 7.18. The van der Waals surface area contributed by atoms with Crippen molar-refractivity contribution in [2.75, 3.05) is 46.5 Å². The Kier molecular flexibility index (Phi) is 13.0. The van der Waals surface area contributed by atoms with Crippen molar-refractivity contribution in [1.82, 2.24) is 15.5 Å². The monoisotopic (exact) mass is 496 g/mol. The van der Waals surface area contributed by atoms with E-state index in [1.807, 2.05) is 4.90 Å². The number of amides is 1. The van der Waals surface area contributed by atoms with E-state index in [4.69, 9.17) is 9.47 Å². The maximum atomic E-state index is 11.9. The van der Waals surface area contributed by atoms with Gasteiger partial charge in [0.1, 0.15) is 0 Å². The molecule has 2 aliphatic rings. The minimum atomic E-state index is 0. The molecule has 2 rings (SSSR count). The molecule has 2 N–H and O–H groups in total. The number of halogens is 1. The lowest BCUT2D eigenvalue weighted by Crippen LogP contribution is -2.42. The molecule has 2 heterocycles. The van der Waals surface area contributed by atoms with Gasteiger partial charge in [-0.25, -0.2) is 0 Å². The molecule has 0 radical (unpaired) electrons. The van der Waals surface area contributed by atoms with Gasteiger partial charge >= 0.3 is 0 Å². The average Bonchev–Trinajstić information content (AvgIpc) is 3.31. The second-order valence-corrected chi connectivity index (χ2v) is 7.03. The molecule has 0 aromatic heterocycles. The molecule has 2 unspecified atom stereocenters. The van der Waals surface area contributed by atoms with Gasteiger partial charge in [-0.05, 0) is 38.5 Å². The summed E-state index contributed by atoms with van der Waals surface area (Å²) >= 11 is 0. The van der Waals surface area contributed by atoms with Crippen molar-refractivity contribution in [3.63, 3.8) is 0 Å². The molecule has 27 heavy (non-hydrogen) atoms. The number of nitrogens with zero attached hydrogens (tertiary/aromatic N) is 2. The van der Waals surface area contributed by atoms with Gasteiger partial charge in [0.05, 0.1) is 12.7 Å². The molecule has 0 aliphatic carbocycles. The molecule has 2 aliphatic heterocycles. The molecular weight excluding hydrogens is 459 g/mol. The summed E-state index contributed by atoms with van der Waals surface area (Å²) in [6.45, 7) is 7.03. The van der Waals surface area contributed by atoms with Gasteiger partial charge in [0.2, 0.25) is 5.91 Å². The lowest BCUT2D eigenvalue weighted by Gasteiger charge is -2.27. The van der Waals surface area contributed by atoms with Crippen LogP contribution in [0.5, 0.6) is 0 Å². The first kappa shape index (κ1) is 24.4. The summed E-state index contributed by atoms with van der Waals surface area (Å²) in [4.78, 5) is 18.2. The summed E-state index contributed by atoms with van der Waals surface area (Å²) in [5, 5.41) is 6.66. The third-order valence-electron chi connectivity index (χ3n) is 5.10. The van der Waals surface area contributed by atoms with Crippen molar-refractivity contribution in [3.05, 3.63) is 0 Å². The van der Waals surface area contributed by atoms with Crippen LogP contribution >= 0.6 is 24.0 Å². The summed E-state index contributed by atoms with van der Waals surface area (Å²) in [7, 11) is 1.78. The molecular formula is C19H37IN4O3. The largest absolute Gasteiger partial charge is 0.379 e. The first-order valence-electron chi connectivity index (χ1n) is 10.2. The van der Waals surface area contributed by atoms with Crippen molar-refractivity contribution in [1.29, 1.82) is 0 Å². The Morgan fingerprint density at radius 2 is 2.19 bits per heavy atom. The predicted octanol–water partition coefficient (Wildman–Crippen LogP) is 2.15. The fraction of sp³-hybridized carbons (Fsp3) is 0.895. The highest BCUT2D eigenvalue weighted by molar-refractivity contribution is 14.0. The number of aliphatic imine (C=N–C) groups is 1. The molecule has 0 spiro atoms. The van der Waals surface area contributed by atoms with Crippen LogP contribution in [0.2, 0.25) is 0 Å². The number of carbonyl (C=O) groups excluding carboxylic acids is 1. The van der Waals surface area contributed by atoms with E-state index < -0.39 is 0 Å². The highest BCUT2D eigenvalue weighted by Crippen LogP contribution is 2.17. The molecule has 0 aromatic carbocycles. The summed E-state index contributed by atoms with van der Waals surface area (Å²) in [6, 6.07) is 0.335. The molecule has 0 aromatic rings. The van der Waals surface area contributed by atoms with Gasteiger partial charge in [0, 0.05) is 52.4 Å². The van der Waals surface area contributed by atoms with Gasteiger partial charge in [-0.3, -0.25) is 9.79 Å². The van der Waals surface area contributed by atoms with Crippen molar-refractivity contribution < 1.29 is 14.3 Å². The Morgan fingerprint density at radius 1 is 1.37 bits per heavy atom. The van der Waals surface area contributed by atoms with E-state index in [9.17, 15) is 4.79 Å². The Labute approximate surface area is 181 Å². The van der Waals surface area contributed by atoms with Crippen LogP contribution < -0.4 is 10.6 Å². The van der Waals surface area contributed by atoms with E-state index in [0.717, 1.165) is 77.3 Å². The Balaban J connectivity index is 0.00000364. The van der Waals surface area contributed by atoms with Gasteiger partial charge in [-0.15, -0.1) is 24.0 Å². The lowest BCUT2D eigenvalue weighted by atomic mass is 10.1. The Bertz CT molecular complexity index is 445. The predicted molar refractivity (Wildman–Crippen MR) is 119 cm³/mol. The average molecular weight is 496 g/mol. The number of nitrogens with one attached hydrogen (secondary N) is 2. The summed E-state index contributed by atoms with van der Waals surface area (Å²) in [5.41, 5.74) is 0. The maximum absolute atomic E-state index is 11.9. The molecule has 158 valence electrons. The number of hydrogen-bond donors (Lipinski definition) is 2. The minimum absolute atomic E-state index is 0. The standard InChI is InChI=1S/C19H36N4O3.HI/c1-3-16(23-12-4-8-18(23)24)9-11-22-19(20-2)21-10-6-13-25-15-17-7-5-14-26-17;/h16-17H,3-15H2,1-2H3,(H2,20,21,22);1H. The SMILES string of the molecule is CCC(CCNC(=NC)NCCCOCC1CCCO1)N1CCCC1=O.I. The fourth-order valence-electron chi connectivity index (χ4n) is 3.58. The number of ether oxygens (including phenoxy) is 2. The number of hydrogen-bond acceptors (Lipinski definition) is 4. The van der Waals surface area contributed by atoms with E-state index in [1.165, 1.54) is 0 Å². The van der Waals surface area contributed by atoms with Crippen molar-refractivity contribution in [3.8, 4) is 0 Å². The quantitative estimate of drug-likeness (QED) is 0.199. The van der Waals surface area contributed by atoms with Gasteiger partial charge < -0.3 is 25.0 Å². The summed E-state index contributed by atoms with van der Waals surface area (Å²) < 4.78 is 11.2. The van der Waals surface area contributed by atoms with Crippen LogP contribution in [0.1, 0.15) is 51.9 Å². The third kappa shape index (κ3) is 8.95. The zero-order valence-electron chi connectivity index (χ0n) is 16.9. The fourth-order valence-corrected chi connectivity index (χ4v) is 3.58. The molecule has 0 saturated carbocycles. The van der Waals surface area contributed by atoms with Crippen LogP contribution in [-0.2, 0) is 14.3 Å². The van der Waals surface area contributed by atoms with Crippen molar-refractivity contribution in [2.45, 2.75) is 64.0 Å². The molecule has 0 bridgehead atoms. The molecule has 2 atom stereocenters. The van der Waals surface area contributed by atoms with Crippen LogP contribution in [-0.4, -0.2) is 75.4 Å². The van der Waals surface area contributed by atoms with E-state index in [2.05, 4.69) is 22.5 Å². The zero-order chi connectivity index (χ0) is 18.6. The highest BCUT2D eigenvalue weighted by atomic mass is 127. The molecule has 2 saturated heterocycles. The van der Waals surface area contributed by atoms with E-state index in [1.54, 1.807) is 7.05 Å². The van der Waals surface area contributed by atoms with Gasteiger partial charge in [0.15, 0.2) is 5.96 Å². The highest BCUT2D eigenvalue weighted by Gasteiger charge is 2.26. The summed E-state index contributed by atoms with van der Waals surface area (Å²) in [5.74, 6) is 1.12. The Hall–Kier alpha value is -0.610. The van der Waals surface area contributed by atoms with Crippen molar-refractivity contribution in [2.24, 2.45) is 4.99 Å². The number of carbonyl (C=O) groups is 1. The minimum Gasteiger partial charge on any atom is -0.379 e. The third-order valence-corrected chi connectivity index (χ3v) is 5.10. The van der Waals surface area contributed by atoms with E-state index in [-0.39, 0.29) is 24.0 Å². The van der Waals surface area contributed by atoms with E-state index >= 15 is 0 Å². The number of likely N-dealkylation sites (tertiary alicyclic amines) is 1. The molecule has 7 nitrogen and oxygen atoms in total. The van der Waals surface area contributed by atoms with Crippen LogP contribution in [0.25, 0.3) is 0 Å². The van der Waals surface area contributed by atoms with Gasteiger partial charge in [-0.2, -0.15) is 0 Å².